The van der Waals surface area contributed by atoms with Gasteiger partial charge in [0.15, 0.2) is 0 Å². The second-order valence-corrected chi connectivity index (χ2v) is 11.4. The lowest BCUT2D eigenvalue weighted by Crippen LogP contribution is -2.46. The van der Waals surface area contributed by atoms with E-state index in [0.29, 0.717) is 50.3 Å². The molecule has 2 fully saturated rings. The maximum atomic E-state index is 12.8. The lowest BCUT2D eigenvalue weighted by molar-refractivity contribution is -0.000563. The number of amides is 2. The molecule has 0 N–H and O–H groups in total. The van der Waals surface area contributed by atoms with E-state index in [1.807, 2.05) is 45.5 Å². The van der Waals surface area contributed by atoms with Crippen LogP contribution in [0.4, 0.5) is 9.59 Å². The van der Waals surface area contributed by atoms with Crippen LogP contribution >= 0.6 is 0 Å². The molecule has 0 bridgehead atoms. The zero-order valence-electron chi connectivity index (χ0n) is 23.8. The minimum Gasteiger partial charge on any atom is -0.490 e. The second-order valence-electron chi connectivity index (χ2n) is 11.4. The van der Waals surface area contributed by atoms with Crippen LogP contribution in [0.2, 0.25) is 0 Å². The van der Waals surface area contributed by atoms with Crippen molar-refractivity contribution >= 4 is 29.1 Å². The van der Waals surface area contributed by atoms with Gasteiger partial charge in [0.25, 0.3) is 0 Å². The standard InChI is InChI=1S/C28H40N4O7/c1-18(2)37-24-16-23-19(15-22(24)25(33)36-6)17-32(29-23)20-7-11-30(12-8-20)26(34)38-21-9-13-31(14-10-21)27(35)39-28(3,4)5/h15-18,20-21H,7-14H2,1-6H3. The Morgan fingerprint density at radius 3 is 2.15 bits per heavy atom. The van der Waals surface area contributed by atoms with Crippen molar-refractivity contribution in [2.45, 2.75) is 84.2 Å². The molecule has 2 saturated heterocycles. The SMILES string of the molecule is COC(=O)c1cc2cn(C3CCN(C(=O)OC4CCN(C(=O)OC(C)(C)C)CC4)CC3)nc2cc1OC(C)C. The molecule has 2 amide bonds. The summed E-state index contributed by atoms with van der Waals surface area (Å²) >= 11 is 0. The predicted octanol–water partition coefficient (Wildman–Crippen LogP) is 4.78. The number of rotatable bonds is 5. The molecule has 0 saturated carbocycles. The Morgan fingerprint density at radius 1 is 0.949 bits per heavy atom. The minimum atomic E-state index is -0.535. The summed E-state index contributed by atoms with van der Waals surface area (Å²) in [5.41, 5.74) is 0.567. The first-order valence-corrected chi connectivity index (χ1v) is 13.6. The van der Waals surface area contributed by atoms with E-state index in [2.05, 4.69) is 0 Å². The molecule has 0 unspecified atom stereocenters. The zero-order valence-corrected chi connectivity index (χ0v) is 23.8. The summed E-state index contributed by atoms with van der Waals surface area (Å²) in [4.78, 5) is 40.8. The van der Waals surface area contributed by atoms with Crippen molar-refractivity contribution in [3.63, 3.8) is 0 Å². The highest BCUT2D eigenvalue weighted by molar-refractivity contribution is 5.97. The first-order valence-electron chi connectivity index (χ1n) is 13.6. The van der Waals surface area contributed by atoms with Gasteiger partial charge in [-0.15, -0.1) is 0 Å². The van der Waals surface area contributed by atoms with Crippen molar-refractivity contribution in [3.05, 3.63) is 23.9 Å². The Labute approximate surface area is 229 Å². The molecule has 0 radical (unpaired) electrons. The molecule has 3 heterocycles. The van der Waals surface area contributed by atoms with Gasteiger partial charge in [-0.1, -0.05) is 0 Å². The van der Waals surface area contributed by atoms with E-state index in [9.17, 15) is 14.4 Å². The first-order chi connectivity index (χ1) is 18.4. The number of esters is 1. The number of hydrogen-bond donors (Lipinski definition) is 0. The molecule has 2 aromatic rings. The summed E-state index contributed by atoms with van der Waals surface area (Å²) in [6, 6.07) is 3.65. The fourth-order valence-corrected chi connectivity index (χ4v) is 4.89. The van der Waals surface area contributed by atoms with Gasteiger partial charge in [0, 0.05) is 56.7 Å². The maximum Gasteiger partial charge on any atom is 0.410 e. The van der Waals surface area contributed by atoms with Crippen molar-refractivity contribution in [2.24, 2.45) is 0 Å². The number of aromatic nitrogens is 2. The van der Waals surface area contributed by atoms with Crippen LogP contribution in [-0.4, -0.2) is 88.8 Å². The molecule has 1 aromatic heterocycles. The zero-order chi connectivity index (χ0) is 28.3. The predicted molar refractivity (Wildman–Crippen MR) is 144 cm³/mol. The van der Waals surface area contributed by atoms with Gasteiger partial charge < -0.3 is 28.7 Å². The minimum absolute atomic E-state index is 0.102. The monoisotopic (exact) mass is 544 g/mol. The number of methoxy groups -OCH3 is 1. The number of carbonyl (C=O) groups excluding carboxylic acids is 3. The van der Waals surface area contributed by atoms with E-state index in [1.54, 1.807) is 21.9 Å². The Hall–Kier alpha value is -3.50. The Bertz CT molecular complexity index is 1190. The quantitative estimate of drug-likeness (QED) is 0.390. The van der Waals surface area contributed by atoms with Crippen LogP contribution in [0.15, 0.2) is 18.3 Å². The smallest absolute Gasteiger partial charge is 0.410 e. The average molecular weight is 545 g/mol. The van der Waals surface area contributed by atoms with Gasteiger partial charge in [0.2, 0.25) is 0 Å². The Balaban J connectivity index is 1.31. The number of piperidine rings is 2. The number of carbonyl (C=O) groups is 3. The molecule has 214 valence electrons. The van der Waals surface area contributed by atoms with Gasteiger partial charge in [0.05, 0.1) is 24.8 Å². The Kier molecular flexibility index (Phi) is 8.56. The number of fused-ring (bicyclic) bond motifs is 1. The highest BCUT2D eigenvalue weighted by Gasteiger charge is 2.31. The van der Waals surface area contributed by atoms with E-state index < -0.39 is 11.6 Å². The Morgan fingerprint density at radius 2 is 1.56 bits per heavy atom. The molecule has 0 aliphatic carbocycles. The number of benzene rings is 1. The molecule has 11 nitrogen and oxygen atoms in total. The van der Waals surface area contributed by atoms with Crippen molar-refractivity contribution in [3.8, 4) is 5.75 Å². The van der Waals surface area contributed by atoms with Crippen LogP contribution in [0.1, 0.15) is 76.7 Å². The largest absolute Gasteiger partial charge is 0.490 e. The fourth-order valence-electron chi connectivity index (χ4n) is 4.89. The van der Waals surface area contributed by atoms with E-state index in [-0.39, 0.29) is 30.4 Å². The van der Waals surface area contributed by atoms with Gasteiger partial charge in [-0.25, -0.2) is 14.4 Å². The number of likely N-dealkylation sites (tertiary alicyclic amines) is 2. The fraction of sp³-hybridized carbons (Fsp3) is 0.643. The van der Waals surface area contributed by atoms with Gasteiger partial charge in [-0.05, 0) is 53.5 Å². The molecule has 4 rings (SSSR count). The average Bonchev–Trinajstić information content (AvgIpc) is 3.30. The summed E-state index contributed by atoms with van der Waals surface area (Å²) in [5.74, 6) is -0.00766. The van der Waals surface area contributed by atoms with Gasteiger partial charge in [0.1, 0.15) is 23.0 Å². The highest BCUT2D eigenvalue weighted by Crippen LogP contribution is 2.30. The summed E-state index contributed by atoms with van der Waals surface area (Å²) in [6.07, 6.45) is 3.64. The molecule has 2 aliphatic rings. The molecular formula is C28H40N4O7. The lowest BCUT2D eigenvalue weighted by atomic mass is 10.1. The van der Waals surface area contributed by atoms with Crippen LogP contribution in [0.5, 0.6) is 5.75 Å². The molecule has 0 atom stereocenters. The van der Waals surface area contributed by atoms with Gasteiger partial charge >= 0.3 is 18.2 Å². The summed E-state index contributed by atoms with van der Waals surface area (Å²) in [6.45, 7) is 11.5. The third-order valence-corrected chi connectivity index (χ3v) is 6.85. The van der Waals surface area contributed by atoms with Crippen LogP contribution < -0.4 is 4.74 Å². The van der Waals surface area contributed by atoms with Crippen LogP contribution in [0.3, 0.4) is 0 Å². The van der Waals surface area contributed by atoms with Gasteiger partial charge in [-0.2, -0.15) is 5.10 Å². The molecule has 39 heavy (non-hydrogen) atoms. The molecule has 0 spiro atoms. The maximum absolute atomic E-state index is 12.8. The summed E-state index contributed by atoms with van der Waals surface area (Å²) < 4.78 is 23.9. The van der Waals surface area contributed by atoms with Gasteiger partial charge in [-0.3, -0.25) is 4.68 Å². The van der Waals surface area contributed by atoms with E-state index in [0.717, 1.165) is 23.7 Å². The van der Waals surface area contributed by atoms with Crippen LogP contribution in [-0.2, 0) is 14.2 Å². The van der Waals surface area contributed by atoms with Crippen molar-refractivity contribution in [1.29, 1.82) is 0 Å². The molecule has 2 aliphatic heterocycles. The van der Waals surface area contributed by atoms with E-state index in [4.69, 9.17) is 24.0 Å². The number of nitrogens with zero attached hydrogens (tertiary/aromatic N) is 4. The summed E-state index contributed by atoms with van der Waals surface area (Å²) in [7, 11) is 1.35. The molecule has 1 aromatic carbocycles. The first kappa shape index (κ1) is 28.5. The second kappa shape index (κ2) is 11.7. The summed E-state index contributed by atoms with van der Waals surface area (Å²) in [5, 5.41) is 5.57. The number of ether oxygens (including phenoxy) is 4. The van der Waals surface area contributed by atoms with Crippen LogP contribution in [0.25, 0.3) is 10.9 Å². The van der Waals surface area contributed by atoms with Crippen molar-refractivity contribution < 1.29 is 33.3 Å². The van der Waals surface area contributed by atoms with E-state index in [1.165, 1.54) is 7.11 Å². The molecular weight excluding hydrogens is 504 g/mol. The number of hydrogen-bond acceptors (Lipinski definition) is 8. The normalized spacial score (nSPS) is 17.4. The lowest BCUT2D eigenvalue weighted by Gasteiger charge is -2.35. The molecule has 11 heteroatoms. The third kappa shape index (κ3) is 7.13. The van der Waals surface area contributed by atoms with Crippen molar-refractivity contribution in [1.82, 2.24) is 19.6 Å². The van der Waals surface area contributed by atoms with Crippen molar-refractivity contribution in [2.75, 3.05) is 33.3 Å². The topological polar surface area (TPSA) is 112 Å². The van der Waals surface area contributed by atoms with Crippen LogP contribution in [0, 0.1) is 0 Å². The highest BCUT2D eigenvalue weighted by atomic mass is 16.6. The van der Waals surface area contributed by atoms with E-state index >= 15 is 0 Å². The third-order valence-electron chi connectivity index (χ3n) is 6.85.